The molecule has 0 saturated carbocycles. The summed E-state index contributed by atoms with van der Waals surface area (Å²) in [5.74, 6) is 0.842. The molecular formula is C12H17N5O. The fraction of sp³-hybridized carbons (Fsp3) is 0.500. The Morgan fingerprint density at radius 3 is 3.17 bits per heavy atom. The first-order valence-electron chi connectivity index (χ1n) is 6.17. The van der Waals surface area contributed by atoms with Crippen molar-refractivity contribution in [3.63, 3.8) is 0 Å². The lowest BCUT2D eigenvalue weighted by molar-refractivity contribution is 0.197. The summed E-state index contributed by atoms with van der Waals surface area (Å²) in [5, 5.41) is 2.87. The molecule has 96 valence electrons. The number of piperazine rings is 1. The van der Waals surface area contributed by atoms with E-state index in [1.807, 2.05) is 17.9 Å². The van der Waals surface area contributed by atoms with E-state index in [9.17, 15) is 4.79 Å². The van der Waals surface area contributed by atoms with Crippen LogP contribution in [-0.2, 0) is 0 Å². The normalized spacial score (nSPS) is 22.9. The van der Waals surface area contributed by atoms with Gasteiger partial charge in [0, 0.05) is 32.4 Å². The van der Waals surface area contributed by atoms with Gasteiger partial charge in [0.05, 0.1) is 11.7 Å². The van der Waals surface area contributed by atoms with Crippen molar-refractivity contribution >= 4 is 17.5 Å². The van der Waals surface area contributed by atoms with Crippen molar-refractivity contribution in [3.05, 3.63) is 17.8 Å². The van der Waals surface area contributed by atoms with E-state index in [0.717, 1.165) is 36.7 Å². The average Bonchev–Trinajstić information content (AvgIpc) is 2.74. The highest BCUT2D eigenvalue weighted by Crippen LogP contribution is 2.26. The van der Waals surface area contributed by atoms with Crippen LogP contribution in [0.25, 0.3) is 0 Å². The molecule has 2 aliphatic rings. The second-order valence-electron chi connectivity index (χ2n) is 4.84. The number of nitrogens with zero attached hydrogens (tertiary/aromatic N) is 3. The molecule has 1 atom stereocenters. The van der Waals surface area contributed by atoms with Crippen LogP contribution in [-0.4, -0.2) is 48.1 Å². The molecule has 6 heteroatoms. The van der Waals surface area contributed by atoms with E-state index in [-0.39, 0.29) is 12.1 Å². The largest absolute Gasteiger partial charge is 0.396 e. The highest BCUT2D eigenvalue weighted by Gasteiger charge is 2.36. The molecule has 3 N–H and O–H groups in total. The zero-order valence-electron chi connectivity index (χ0n) is 10.4. The third-order valence-corrected chi connectivity index (χ3v) is 3.72. The van der Waals surface area contributed by atoms with E-state index in [2.05, 4.69) is 15.2 Å². The molecule has 0 aliphatic carbocycles. The minimum absolute atomic E-state index is 0.0461. The molecule has 2 amide bonds. The molecule has 1 unspecified atom stereocenters. The van der Waals surface area contributed by atoms with Gasteiger partial charge in [0.25, 0.3) is 0 Å². The van der Waals surface area contributed by atoms with E-state index < -0.39 is 0 Å². The maximum atomic E-state index is 11.5. The summed E-state index contributed by atoms with van der Waals surface area (Å²) < 4.78 is 0. The molecule has 2 aliphatic heterocycles. The van der Waals surface area contributed by atoms with Gasteiger partial charge >= 0.3 is 6.03 Å². The van der Waals surface area contributed by atoms with Crippen molar-refractivity contribution in [3.8, 4) is 0 Å². The van der Waals surface area contributed by atoms with Gasteiger partial charge in [-0.1, -0.05) is 0 Å². The maximum Gasteiger partial charge on any atom is 0.317 e. The molecule has 0 aromatic carbocycles. The van der Waals surface area contributed by atoms with Crippen molar-refractivity contribution in [2.45, 2.75) is 13.0 Å². The number of aryl methyl sites for hydroxylation is 1. The summed E-state index contributed by atoms with van der Waals surface area (Å²) in [4.78, 5) is 20.0. The zero-order chi connectivity index (χ0) is 12.7. The summed E-state index contributed by atoms with van der Waals surface area (Å²) in [6.07, 6.45) is 1.78. The molecular weight excluding hydrogens is 230 g/mol. The second kappa shape index (κ2) is 4.04. The Morgan fingerprint density at radius 1 is 1.50 bits per heavy atom. The van der Waals surface area contributed by atoms with Gasteiger partial charge in [0.15, 0.2) is 5.82 Å². The number of nitrogen functional groups attached to an aromatic ring is 1. The van der Waals surface area contributed by atoms with Crippen LogP contribution < -0.4 is 16.0 Å². The number of aromatic nitrogens is 1. The Labute approximate surface area is 106 Å². The Morgan fingerprint density at radius 2 is 2.33 bits per heavy atom. The van der Waals surface area contributed by atoms with Crippen LogP contribution in [0.15, 0.2) is 12.3 Å². The molecule has 0 radical (unpaired) electrons. The molecule has 3 heterocycles. The lowest BCUT2D eigenvalue weighted by atomic mass is 10.1. The molecule has 6 nitrogen and oxygen atoms in total. The SMILES string of the molecule is Cc1ccnc(N2CCN3C(=O)NCC3C2)c1N. The number of urea groups is 1. The number of amides is 2. The summed E-state index contributed by atoms with van der Waals surface area (Å²) in [7, 11) is 0. The number of fused-ring (bicyclic) bond motifs is 1. The van der Waals surface area contributed by atoms with Gasteiger partial charge in [-0.3, -0.25) is 0 Å². The number of pyridine rings is 1. The van der Waals surface area contributed by atoms with E-state index in [1.165, 1.54) is 0 Å². The summed E-state index contributed by atoms with van der Waals surface area (Å²) in [5.41, 5.74) is 7.86. The summed E-state index contributed by atoms with van der Waals surface area (Å²) >= 11 is 0. The minimum Gasteiger partial charge on any atom is -0.396 e. The number of nitrogens with two attached hydrogens (primary N) is 1. The molecule has 0 bridgehead atoms. The molecule has 2 saturated heterocycles. The Balaban J connectivity index is 1.83. The van der Waals surface area contributed by atoms with Crippen molar-refractivity contribution in [1.82, 2.24) is 15.2 Å². The topological polar surface area (TPSA) is 74.5 Å². The highest BCUT2D eigenvalue weighted by atomic mass is 16.2. The molecule has 2 fully saturated rings. The predicted octanol–water partition coefficient (Wildman–Crippen LogP) is 0.186. The number of rotatable bonds is 1. The number of nitrogens with one attached hydrogen (secondary N) is 1. The van der Waals surface area contributed by atoms with Crippen molar-refractivity contribution in [2.75, 3.05) is 36.8 Å². The third kappa shape index (κ3) is 1.64. The number of anilines is 2. The van der Waals surface area contributed by atoms with Gasteiger partial charge in [-0.05, 0) is 18.6 Å². The van der Waals surface area contributed by atoms with Crippen LogP contribution in [0.2, 0.25) is 0 Å². The zero-order valence-corrected chi connectivity index (χ0v) is 10.4. The lowest BCUT2D eigenvalue weighted by Gasteiger charge is -2.37. The number of carbonyl (C=O) groups is 1. The van der Waals surface area contributed by atoms with Gasteiger partial charge in [0.1, 0.15) is 0 Å². The first-order chi connectivity index (χ1) is 8.66. The van der Waals surface area contributed by atoms with Crippen LogP contribution in [0, 0.1) is 6.92 Å². The van der Waals surface area contributed by atoms with Crippen LogP contribution in [0.4, 0.5) is 16.3 Å². The fourth-order valence-electron chi connectivity index (χ4n) is 2.60. The molecule has 1 aromatic rings. The molecule has 18 heavy (non-hydrogen) atoms. The van der Waals surface area contributed by atoms with Crippen LogP contribution in [0.1, 0.15) is 5.56 Å². The highest BCUT2D eigenvalue weighted by molar-refractivity contribution is 5.77. The van der Waals surface area contributed by atoms with E-state index in [4.69, 9.17) is 5.73 Å². The van der Waals surface area contributed by atoms with Gasteiger partial charge < -0.3 is 20.9 Å². The van der Waals surface area contributed by atoms with Gasteiger partial charge in [0.2, 0.25) is 0 Å². The smallest absolute Gasteiger partial charge is 0.317 e. The van der Waals surface area contributed by atoms with Gasteiger partial charge in [-0.25, -0.2) is 9.78 Å². The Bertz CT molecular complexity index is 489. The van der Waals surface area contributed by atoms with Crippen LogP contribution in [0.3, 0.4) is 0 Å². The lowest BCUT2D eigenvalue weighted by Crippen LogP contribution is -2.52. The maximum absolute atomic E-state index is 11.5. The standard InChI is InChI=1S/C12H17N5O/c1-8-2-3-14-11(10(8)13)16-4-5-17-9(7-16)6-15-12(17)18/h2-3,9H,4-7,13H2,1H3,(H,15,18). The first kappa shape index (κ1) is 11.1. The monoisotopic (exact) mass is 247 g/mol. The van der Waals surface area contributed by atoms with Crippen LogP contribution in [0.5, 0.6) is 0 Å². The number of hydrogen-bond acceptors (Lipinski definition) is 4. The molecule has 3 rings (SSSR count). The fourth-order valence-corrected chi connectivity index (χ4v) is 2.60. The second-order valence-corrected chi connectivity index (χ2v) is 4.84. The first-order valence-corrected chi connectivity index (χ1v) is 6.17. The Kier molecular flexibility index (Phi) is 2.50. The van der Waals surface area contributed by atoms with Gasteiger partial charge in [-0.2, -0.15) is 0 Å². The van der Waals surface area contributed by atoms with Crippen molar-refractivity contribution in [2.24, 2.45) is 0 Å². The minimum atomic E-state index is 0.0461. The van der Waals surface area contributed by atoms with E-state index in [1.54, 1.807) is 6.20 Å². The van der Waals surface area contributed by atoms with Crippen molar-refractivity contribution < 1.29 is 4.79 Å². The summed E-state index contributed by atoms with van der Waals surface area (Å²) in [6, 6.07) is 2.19. The van der Waals surface area contributed by atoms with Gasteiger partial charge in [-0.15, -0.1) is 0 Å². The van der Waals surface area contributed by atoms with Crippen molar-refractivity contribution in [1.29, 1.82) is 0 Å². The molecule has 0 spiro atoms. The number of hydrogen-bond donors (Lipinski definition) is 2. The number of carbonyl (C=O) groups excluding carboxylic acids is 1. The predicted molar refractivity (Wildman–Crippen MR) is 69.5 cm³/mol. The Hall–Kier alpha value is -1.98. The third-order valence-electron chi connectivity index (χ3n) is 3.72. The van der Waals surface area contributed by atoms with E-state index >= 15 is 0 Å². The summed E-state index contributed by atoms with van der Waals surface area (Å²) in [6.45, 7) is 4.99. The average molecular weight is 247 g/mol. The molecule has 1 aromatic heterocycles. The van der Waals surface area contributed by atoms with Crippen LogP contribution >= 0.6 is 0 Å². The van der Waals surface area contributed by atoms with E-state index in [0.29, 0.717) is 6.54 Å². The quantitative estimate of drug-likeness (QED) is 0.742.